The first-order chi connectivity index (χ1) is 14.0. The molecule has 0 aliphatic carbocycles. The van der Waals surface area contributed by atoms with Gasteiger partial charge < -0.3 is 4.74 Å². The molecule has 0 radical (unpaired) electrons. The summed E-state index contributed by atoms with van der Waals surface area (Å²) in [5.74, 6) is 0. The Bertz CT molecular complexity index is 1000. The first-order valence-electron chi connectivity index (χ1n) is 10.0. The van der Waals surface area contributed by atoms with E-state index < -0.39 is 0 Å². The summed E-state index contributed by atoms with van der Waals surface area (Å²) in [7, 11) is 1.97. The standard InChI is InChI=1S/C23H27ClN4O/c1-16-10-18(11-19-6-4-5-7-21(19)24)12-22(25-16)23-15-28(8-9-29-23)14-20-13-27(3)26-17(20)2/h4-7,10,12-13,23H,8-9,11,14-15H2,1-3H3. The number of hydrogen-bond donors (Lipinski definition) is 0. The minimum Gasteiger partial charge on any atom is -0.369 e. The molecule has 1 aliphatic rings. The van der Waals surface area contributed by atoms with E-state index in [1.54, 1.807) is 0 Å². The van der Waals surface area contributed by atoms with Crippen LogP contribution in [-0.4, -0.2) is 39.4 Å². The van der Waals surface area contributed by atoms with Gasteiger partial charge in [0.1, 0.15) is 6.10 Å². The van der Waals surface area contributed by atoms with Crippen LogP contribution in [0.2, 0.25) is 5.02 Å². The van der Waals surface area contributed by atoms with Gasteiger partial charge in [-0.1, -0.05) is 29.8 Å². The van der Waals surface area contributed by atoms with Crippen LogP contribution >= 0.6 is 11.6 Å². The zero-order valence-electron chi connectivity index (χ0n) is 17.2. The second-order valence-corrected chi connectivity index (χ2v) is 8.22. The SMILES string of the molecule is Cc1cc(Cc2ccccc2Cl)cc(C2CN(Cc3cn(C)nc3C)CCO2)n1. The lowest BCUT2D eigenvalue weighted by Crippen LogP contribution is -2.38. The molecule has 6 heteroatoms. The van der Waals surface area contributed by atoms with Crippen LogP contribution < -0.4 is 0 Å². The van der Waals surface area contributed by atoms with Gasteiger partial charge in [0.25, 0.3) is 0 Å². The molecule has 1 atom stereocenters. The Morgan fingerprint density at radius 3 is 2.76 bits per heavy atom. The van der Waals surface area contributed by atoms with Crippen LogP contribution in [0.1, 0.15) is 39.9 Å². The minimum absolute atomic E-state index is 0.0226. The van der Waals surface area contributed by atoms with E-state index in [0.29, 0.717) is 6.61 Å². The van der Waals surface area contributed by atoms with Crippen molar-refractivity contribution < 1.29 is 4.74 Å². The molecule has 152 valence electrons. The molecule has 1 unspecified atom stereocenters. The highest BCUT2D eigenvalue weighted by Crippen LogP contribution is 2.26. The quantitative estimate of drug-likeness (QED) is 0.630. The minimum atomic E-state index is -0.0226. The average Bonchev–Trinajstić information content (AvgIpc) is 3.00. The summed E-state index contributed by atoms with van der Waals surface area (Å²) in [6, 6.07) is 12.3. The van der Waals surface area contributed by atoms with E-state index in [9.17, 15) is 0 Å². The number of nitrogens with zero attached hydrogens (tertiary/aromatic N) is 4. The molecule has 0 saturated carbocycles. The Morgan fingerprint density at radius 2 is 2.00 bits per heavy atom. The number of rotatable bonds is 5. The van der Waals surface area contributed by atoms with Crippen molar-refractivity contribution in [3.05, 3.63) is 81.4 Å². The second kappa shape index (κ2) is 8.66. The third kappa shape index (κ3) is 4.86. The topological polar surface area (TPSA) is 43.2 Å². The first kappa shape index (κ1) is 20.1. The lowest BCUT2D eigenvalue weighted by Gasteiger charge is -2.32. The molecule has 5 nitrogen and oxygen atoms in total. The Labute approximate surface area is 177 Å². The first-order valence-corrected chi connectivity index (χ1v) is 10.4. The summed E-state index contributed by atoms with van der Waals surface area (Å²) in [6.07, 6.45) is 2.87. The molecule has 3 aromatic rings. The zero-order chi connectivity index (χ0) is 20.4. The van der Waals surface area contributed by atoms with E-state index in [-0.39, 0.29) is 6.10 Å². The Morgan fingerprint density at radius 1 is 1.17 bits per heavy atom. The van der Waals surface area contributed by atoms with E-state index in [4.69, 9.17) is 21.3 Å². The maximum absolute atomic E-state index is 6.36. The number of ether oxygens (including phenoxy) is 1. The van der Waals surface area contributed by atoms with Crippen LogP contribution in [0.25, 0.3) is 0 Å². The maximum atomic E-state index is 6.36. The fourth-order valence-corrected chi connectivity index (χ4v) is 4.17. The van der Waals surface area contributed by atoms with Gasteiger partial charge in [-0.3, -0.25) is 14.6 Å². The highest BCUT2D eigenvalue weighted by Gasteiger charge is 2.24. The van der Waals surface area contributed by atoms with E-state index in [1.165, 1.54) is 11.1 Å². The van der Waals surface area contributed by atoms with Crippen molar-refractivity contribution in [2.75, 3.05) is 19.7 Å². The number of hydrogen-bond acceptors (Lipinski definition) is 4. The number of benzene rings is 1. The summed E-state index contributed by atoms with van der Waals surface area (Å²) in [4.78, 5) is 7.21. The van der Waals surface area contributed by atoms with Gasteiger partial charge in [0, 0.05) is 49.2 Å². The Hall–Kier alpha value is -2.21. The molecule has 1 aliphatic heterocycles. The van der Waals surface area contributed by atoms with E-state index >= 15 is 0 Å². The molecule has 0 N–H and O–H groups in total. The number of aromatic nitrogens is 3. The molecule has 4 rings (SSSR count). The van der Waals surface area contributed by atoms with Crippen LogP contribution in [0, 0.1) is 13.8 Å². The van der Waals surface area contributed by atoms with Crippen LogP contribution in [0.3, 0.4) is 0 Å². The number of aryl methyl sites for hydroxylation is 3. The highest BCUT2D eigenvalue weighted by molar-refractivity contribution is 6.31. The molecule has 1 saturated heterocycles. The summed E-state index contributed by atoms with van der Waals surface area (Å²) >= 11 is 6.36. The molecule has 29 heavy (non-hydrogen) atoms. The van der Waals surface area contributed by atoms with Gasteiger partial charge in [-0.15, -0.1) is 0 Å². The molecule has 3 heterocycles. The van der Waals surface area contributed by atoms with Crippen LogP contribution in [0.5, 0.6) is 0 Å². The molecular formula is C23H27ClN4O. The van der Waals surface area contributed by atoms with Crippen molar-refractivity contribution in [3.63, 3.8) is 0 Å². The van der Waals surface area contributed by atoms with E-state index in [2.05, 4.69) is 41.3 Å². The Kier molecular flexibility index (Phi) is 5.99. The van der Waals surface area contributed by atoms with Gasteiger partial charge in [0.15, 0.2) is 0 Å². The Balaban J connectivity index is 1.50. The zero-order valence-corrected chi connectivity index (χ0v) is 18.0. The highest BCUT2D eigenvalue weighted by atomic mass is 35.5. The fraction of sp³-hybridized carbons (Fsp3) is 0.391. The third-order valence-electron chi connectivity index (χ3n) is 5.37. The average molecular weight is 411 g/mol. The smallest absolute Gasteiger partial charge is 0.112 e. The van der Waals surface area contributed by atoms with Gasteiger partial charge >= 0.3 is 0 Å². The van der Waals surface area contributed by atoms with Crippen LogP contribution in [0.15, 0.2) is 42.6 Å². The molecule has 0 spiro atoms. The largest absolute Gasteiger partial charge is 0.369 e. The molecule has 1 fully saturated rings. The van der Waals surface area contributed by atoms with Gasteiger partial charge in [-0.25, -0.2) is 0 Å². The lowest BCUT2D eigenvalue weighted by molar-refractivity contribution is -0.0351. The van der Waals surface area contributed by atoms with Crippen molar-refractivity contribution in [1.29, 1.82) is 0 Å². The van der Waals surface area contributed by atoms with Crippen molar-refractivity contribution >= 4 is 11.6 Å². The van der Waals surface area contributed by atoms with Crippen molar-refractivity contribution in [2.45, 2.75) is 32.9 Å². The maximum Gasteiger partial charge on any atom is 0.112 e. The molecule has 2 aromatic heterocycles. The molecular weight excluding hydrogens is 384 g/mol. The summed E-state index contributed by atoms with van der Waals surface area (Å²) in [5.41, 5.74) is 6.71. The number of halogens is 1. The summed E-state index contributed by atoms with van der Waals surface area (Å²) in [5, 5.41) is 5.26. The third-order valence-corrected chi connectivity index (χ3v) is 5.74. The van der Waals surface area contributed by atoms with Gasteiger partial charge in [-0.05, 0) is 49.6 Å². The van der Waals surface area contributed by atoms with Crippen LogP contribution in [0.4, 0.5) is 0 Å². The predicted molar refractivity (Wildman–Crippen MR) is 115 cm³/mol. The van der Waals surface area contributed by atoms with Crippen molar-refractivity contribution in [2.24, 2.45) is 7.05 Å². The van der Waals surface area contributed by atoms with Crippen molar-refractivity contribution in [3.8, 4) is 0 Å². The summed E-state index contributed by atoms with van der Waals surface area (Å²) < 4.78 is 7.98. The molecule has 1 aromatic carbocycles. The fourth-order valence-electron chi connectivity index (χ4n) is 3.97. The van der Waals surface area contributed by atoms with E-state index in [0.717, 1.165) is 53.7 Å². The number of morpholine rings is 1. The predicted octanol–water partition coefficient (Wildman–Crippen LogP) is 4.25. The normalized spacial score (nSPS) is 17.6. The van der Waals surface area contributed by atoms with Gasteiger partial charge in [-0.2, -0.15) is 5.10 Å². The summed E-state index contributed by atoms with van der Waals surface area (Å²) in [6.45, 7) is 7.45. The van der Waals surface area contributed by atoms with E-state index in [1.807, 2.05) is 36.9 Å². The van der Waals surface area contributed by atoms with Crippen LogP contribution in [-0.2, 0) is 24.8 Å². The number of pyridine rings is 1. The second-order valence-electron chi connectivity index (χ2n) is 7.82. The van der Waals surface area contributed by atoms with Gasteiger partial charge in [0.05, 0.1) is 18.0 Å². The molecule has 0 bridgehead atoms. The van der Waals surface area contributed by atoms with Crippen molar-refractivity contribution in [1.82, 2.24) is 19.7 Å². The lowest BCUT2D eigenvalue weighted by atomic mass is 10.0. The molecule has 0 amide bonds. The monoisotopic (exact) mass is 410 g/mol. The van der Waals surface area contributed by atoms with Gasteiger partial charge in [0.2, 0.25) is 0 Å².